The van der Waals surface area contributed by atoms with Crippen LogP contribution >= 0.6 is 24.8 Å². The van der Waals surface area contributed by atoms with E-state index < -0.39 is 5.72 Å². The summed E-state index contributed by atoms with van der Waals surface area (Å²) in [5, 5.41) is 19.6. The van der Waals surface area contributed by atoms with E-state index in [4.69, 9.17) is 4.74 Å². The number of tetrazole rings is 1. The molecule has 0 spiro atoms. The van der Waals surface area contributed by atoms with Gasteiger partial charge in [0, 0.05) is 25.6 Å². The van der Waals surface area contributed by atoms with Crippen molar-refractivity contribution < 1.29 is 4.74 Å². The second kappa shape index (κ2) is 12.3. The molecular formula is C23H32Cl2N6O. The number of methoxy groups -OCH3 is 1. The third-order valence-electron chi connectivity index (χ3n) is 5.79. The van der Waals surface area contributed by atoms with E-state index in [2.05, 4.69) is 75.5 Å². The first kappa shape index (κ1) is 26.2. The van der Waals surface area contributed by atoms with Gasteiger partial charge in [-0.25, -0.2) is 0 Å². The van der Waals surface area contributed by atoms with Crippen LogP contribution in [0, 0.1) is 0 Å². The molecule has 1 fully saturated rings. The second-order valence-electron chi connectivity index (χ2n) is 7.74. The quantitative estimate of drug-likeness (QED) is 0.512. The molecule has 2 heterocycles. The number of piperidine rings is 1. The Morgan fingerprint density at radius 2 is 1.97 bits per heavy atom. The zero-order chi connectivity index (χ0) is 20.8. The summed E-state index contributed by atoms with van der Waals surface area (Å²) >= 11 is 0. The van der Waals surface area contributed by atoms with Crippen LogP contribution in [-0.4, -0.2) is 39.9 Å². The molecule has 0 unspecified atom stereocenters. The molecular weight excluding hydrogens is 447 g/mol. The molecule has 0 saturated carbocycles. The Bertz CT molecular complexity index is 954. The minimum atomic E-state index is -0.527. The number of hydrogen-bond acceptors (Lipinski definition) is 6. The lowest BCUT2D eigenvalue weighted by molar-refractivity contribution is -0.0899. The van der Waals surface area contributed by atoms with Crippen molar-refractivity contribution in [2.75, 3.05) is 13.7 Å². The van der Waals surface area contributed by atoms with E-state index >= 15 is 0 Å². The van der Waals surface area contributed by atoms with Crippen molar-refractivity contribution in [2.24, 2.45) is 0 Å². The first-order valence-electron chi connectivity index (χ1n) is 10.7. The zero-order valence-electron chi connectivity index (χ0n) is 18.5. The second-order valence-corrected chi connectivity index (χ2v) is 7.74. The molecule has 1 aromatic heterocycles. The zero-order valence-corrected chi connectivity index (χ0v) is 20.2. The van der Waals surface area contributed by atoms with E-state index in [0.29, 0.717) is 0 Å². The highest BCUT2D eigenvalue weighted by Gasteiger charge is 2.42. The topological polar surface area (TPSA) is 76.9 Å². The van der Waals surface area contributed by atoms with E-state index in [1.165, 1.54) is 5.56 Å². The van der Waals surface area contributed by atoms with Crippen molar-refractivity contribution in [2.45, 2.75) is 50.9 Å². The van der Waals surface area contributed by atoms with Crippen LogP contribution in [-0.2, 0) is 23.4 Å². The summed E-state index contributed by atoms with van der Waals surface area (Å²) in [6, 6.07) is 19.0. The molecule has 9 heteroatoms. The van der Waals surface area contributed by atoms with Crippen LogP contribution in [0.3, 0.4) is 0 Å². The molecule has 3 aromatic rings. The molecule has 0 radical (unpaired) electrons. The third-order valence-corrected chi connectivity index (χ3v) is 5.79. The predicted octanol–water partition coefficient (Wildman–Crippen LogP) is 3.80. The van der Waals surface area contributed by atoms with Crippen LogP contribution in [0.15, 0.2) is 54.6 Å². The summed E-state index contributed by atoms with van der Waals surface area (Å²) < 4.78 is 7.92. The number of rotatable bonds is 8. The number of halogens is 2. The first-order valence-corrected chi connectivity index (χ1v) is 10.7. The van der Waals surface area contributed by atoms with Gasteiger partial charge < -0.3 is 10.1 Å². The molecule has 1 saturated heterocycles. The highest BCUT2D eigenvalue weighted by molar-refractivity contribution is 5.85. The molecule has 1 aliphatic rings. The molecule has 0 bridgehead atoms. The molecule has 7 nitrogen and oxygen atoms in total. The predicted molar refractivity (Wildman–Crippen MR) is 131 cm³/mol. The van der Waals surface area contributed by atoms with E-state index in [-0.39, 0.29) is 30.9 Å². The summed E-state index contributed by atoms with van der Waals surface area (Å²) in [7, 11) is 1.79. The van der Waals surface area contributed by atoms with Gasteiger partial charge in [-0.3, -0.25) is 5.32 Å². The standard InChI is InChI=1S/C23H30N6O.2ClH/c1-3-9-22-26-27-28-29(22)20-13-7-10-18(16-20)17-24-21-14-8-15-25-23(21,30-2)19-11-5-4-6-12-19;;/h4-7,10-13,16,21,24-25H,3,8-9,14-15,17H2,1-2H3;2*1H/t21-,23+;;/m1../s1. The maximum atomic E-state index is 6.09. The average Bonchev–Trinajstić information content (AvgIpc) is 3.27. The lowest BCUT2D eigenvalue weighted by Crippen LogP contribution is -2.61. The maximum absolute atomic E-state index is 6.09. The van der Waals surface area contributed by atoms with Gasteiger partial charge in [-0.15, -0.1) is 29.9 Å². The summed E-state index contributed by atoms with van der Waals surface area (Å²) in [6.45, 7) is 3.81. The largest absolute Gasteiger partial charge is 0.358 e. The fourth-order valence-electron chi connectivity index (χ4n) is 4.30. The minimum Gasteiger partial charge on any atom is -0.358 e. The first-order chi connectivity index (χ1) is 14.8. The summed E-state index contributed by atoms with van der Waals surface area (Å²) in [5.74, 6) is 0.890. The Morgan fingerprint density at radius 1 is 1.16 bits per heavy atom. The van der Waals surface area contributed by atoms with Crippen molar-refractivity contribution in [3.05, 3.63) is 71.5 Å². The molecule has 174 valence electrons. The van der Waals surface area contributed by atoms with Crippen LogP contribution in [0.5, 0.6) is 0 Å². The van der Waals surface area contributed by atoms with Gasteiger partial charge in [-0.2, -0.15) is 4.68 Å². The highest BCUT2D eigenvalue weighted by Crippen LogP contribution is 2.31. The number of hydrogen-bond donors (Lipinski definition) is 2. The van der Waals surface area contributed by atoms with Gasteiger partial charge in [-0.1, -0.05) is 49.4 Å². The maximum Gasteiger partial charge on any atom is 0.160 e. The fraction of sp³-hybridized carbons (Fsp3) is 0.435. The van der Waals surface area contributed by atoms with E-state index in [1.54, 1.807) is 7.11 Å². The van der Waals surface area contributed by atoms with Gasteiger partial charge in [0.05, 0.1) is 11.7 Å². The van der Waals surface area contributed by atoms with E-state index in [0.717, 1.165) is 55.8 Å². The normalized spacial score (nSPS) is 20.2. The minimum absolute atomic E-state index is 0. The van der Waals surface area contributed by atoms with Crippen LogP contribution in [0.25, 0.3) is 5.69 Å². The van der Waals surface area contributed by atoms with Gasteiger partial charge in [0.1, 0.15) is 0 Å². The van der Waals surface area contributed by atoms with Crippen LogP contribution < -0.4 is 10.6 Å². The molecule has 2 atom stereocenters. The van der Waals surface area contributed by atoms with Crippen molar-refractivity contribution >= 4 is 24.8 Å². The van der Waals surface area contributed by atoms with Crippen molar-refractivity contribution in [3.63, 3.8) is 0 Å². The Kier molecular flexibility index (Phi) is 10.1. The van der Waals surface area contributed by atoms with Crippen molar-refractivity contribution in [3.8, 4) is 5.69 Å². The molecule has 2 aromatic carbocycles. The third kappa shape index (κ3) is 5.47. The Hall–Kier alpha value is -2.03. The molecule has 4 rings (SSSR count). The number of nitrogens with zero attached hydrogens (tertiary/aromatic N) is 4. The average molecular weight is 479 g/mol. The number of ether oxygens (including phenoxy) is 1. The van der Waals surface area contributed by atoms with E-state index in [9.17, 15) is 0 Å². The lowest BCUT2D eigenvalue weighted by atomic mass is 9.87. The van der Waals surface area contributed by atoms with Crippen molar-refractivity contribution in [1.29, 1.82) is 0 Å². The number of aryl methyl sites for hydroxylation is 1. The van der Waals surface area contributed by atoms with Gasteiger partial charge in [0.2, 0.25) is 0 Å². The van der Waals surface area contributed by atoms with Gasteiger partial charge in [-0.05, 0) is 53.9 Å². The summed E-state index contributed by atoms with van der Waals surface area (Å²) in [5.41, 5.74) is 2.80. The van der Waals surface area contributed by atoms with Gasteiger partial charge >= 0.3 is 0 Å². The molecule has 0 aliphatic carbocycles. The van der Waals surface area contributed by atoms with Gasteiger partial charge in [0.15, 0.2) is 11.5 Å². The molecule has 1 aliphatic heterocycles. The number of benzene rings is 2. The number of aromatic nitrogens is 4. The molecule has 0 amide bonds. The smallest absolute Gasteiger partial charge is 0.160 e. The fourth-order valence-corrected chi connectivity index (χ4v) is 4.30. The summed E-state index contributed by atoms with van der Waals surface area (Å²) in [4.78, 5) is 0. The Morgan fingerprint density at radius 3 is 2.72 bits per heavy atom. The van der Waals surface area contributed by atoms with Crippen LogP contribution in [0.4, 0.5) is 0 Å². The lowest BCUT2D eigenvalue weighted by Gasteiger charge is -2.44. The van der Waals surface area contributed by atoms with E-state index in [1.807, 2.05) is 16.8 Å². The molecule has 2 N–H and O–H groups in total. The summed E-state index contributed by atoms with van der Waals surface area (Å²) in [6.07, 6.45) is 4.02. The van der Waals surface area contributed by atoms with Crippen LogP contribution in [0.2, 0.25) is 0 Å². The SMILES string of the molecule is CCCc1nnnn1-c1cccc(CN[C@@H]2CCCN[C@]2(OC)c2ccccc2)c1.Cl.Cl. The highest BCUT2D eigenvalue weighted by atomic mass is 35.5. The monoisotopic (exact) mass is 478 g/mol. The van der Waals surface area contributed by atoms with Crippen LogP contribution in [0.1, 0.15) is 43.1 Å². The Balaban J connectivity index is 0.00000181. The van der Waals surface area contributed by atoms with Gasteiger partial charge in [0.25, 0.3) is 0 Å². The van der Waals surface area contributed by atoms with Crippen molar-refractivity contribution in [1.82, 2.24) is 30.8 Å². The number of nitrogens with one attached hydrogen (secondary N) is 2. The molecule has 32 heavy (non-hydrogen) atoms. The Labute approximate surface area is 202 Å².